The van der Waals surface area contributed by atoms with Crippen molar-refractivity contribution in [2.45, 2.75) is 80.1 Å². The molecule has 0 aliphatic heterocycles. The summed E-state index contributed by atoms with van der Waals surface area (Å²) >= 11 is 0. The van der Waals surface area contributed by atoms with Crippen LogP contribution in [-0.2, 0) is 0 Å². The quantitative estimate of drug-likeness (QED) is 0.497. The summed E-state index contributed by atoms with van der Waals surface area (Å²) in [7, 11) is 0. The zero-order chi connectivity index (χ0) is 14.7. The van der Waals surface area contributed by atoms with Crippen LogP contribution in [0.3, 0.4) is 0 Å². The van der Waals surface area contributed by atoms with Gasteiger partial charge in [-0.1, -0.05) is 54.4 Å². The molecule has 0 nitrogen and oxygen atoms in total. The molecule has 6 unspecified atom stereocenters. The molecule has 6 atom stereocenters. The third kappa shape index (κ3) is 2.08. The summed E-state index contributed by atoms with van der Waals surface area (Å²) in [5.41, 5.74) is 1.41. The maximum atomic E-state index is 2.46. The van der Waals surface area contributed by atoms with Crippen molar-refractivity contribution in [2.75, 3.05) is 0 Å². The van der Waals surface area contributed by atoms with Crippen LogP contribution < -0.4 is 0 Å². The second-order valence-electron chi connectivity index (χ2n) is 9.83. The van der Waals surface area contributed by atoms with Gasteiger partial charge in [-0.2, -0.15) is 0 Å². The van der Waals surface area contributed by atoms with Crippen LogP contribution >= 0.6 is 0 Å². The van der Waals surface area contributed by atoms with E-state index in [1.807, 2.05) is 0 Å². The normalized spacial score (nSPS) is 50.1. The van der Waals surface area contributed by atoms with Gasteiger partial charge in [0, 0.05) is 0 Å². The van der Waals surface area contributed by atoms with Gasteiger partial charge in [0.15, 0.2) is 0 Å². The zero-order valence-corrected chi connectivity index (χ0v) is 14.7. The molecule has 20 heavy (non-hydrogen) atoms. The molecule has 0 amide bonds. The van der Waals surface area contributed by atoms with Crippen LogP contribution in [0.15, 0.2) is 0 Å². The molecule has 0 radical (unpaired) electrons. The van der Waals surface area contributed by atoms with Gasteiger partial charge in [0.1, 0.15) is 0 Å². The average Bonchev–Trinajstić information content (AvgIpc) is 2.38. The van der Waals surface area contributed by atoms with Crippen molar-refractivity contribution >= 4 is 0 Å². The molecular weight excluding hydrogens is 240 g/mol. The average molecular weight is 277 g/mol. The van der Waals surface area contributed by atoms with Crippen LogP contribution in [0.25, 0.3) is 0 Å². The fraction of sp³-hybridized carbons (Fsp3) is 1.00. The van der Waals surface area contributed by atoms with E-state index in [2.05, 4.69) is 41.5 Å². The number of hydrogen-bond donors (Lipinski definition) is 0. The van der Waals surface area contributed by atoms with Gasteiger partial charge in [0.05, 0.1) is 0 Å². The first-order chi connectivity index (χ1) is 9.24. The summed E-state index contributed by atoms with van der Waals surface area (Å²) in [4.78, 5) is 0. The Morgan fingerprint density at radius 3 is 1.10 bits per heavy atom. The van der Waals surface area contributed by atoms with Gasteiger partial charge in [-0.15, -0.1) is 0 Å². The van der Waals surface area contributed by atoms with E-state index in [-0.39, 0.29) is 0 Å². The standard InChI is InChI=1S/2C10H18/c2*1-7-4-5-8-6-9(7)10(8,2)3/h2*7-9H,4-6H2,1-3H3. The van der Waals surface area contributed by atoms with E-state index in [0.717, 1.165) is 35.5 Å². The van der Waals surface area contributed by atoms with Crippen LogP contribution in [-0.4, -0.2) is 0 Å². The predicted octanol–water partition coefficient (Wildman–Crippen LogP) is 6.16. The maximum Gasteiger partial charge on any atom is -0.0295 e. The fourth-order valence-corrected chi connectivity index (χ4v) is 6.35. The molecule has 4 bridgehead atoms. The molecule has 0 aromatic rings. The SMILES string of the molecule is CC1CCC2CC1C2(C)C.CC1CCC2CC1C2(C)C. The topological polar surface area (TPSA) is 0 Å². The van der Waals surface area contributed by atoms with E-state index in [1.54, 1.807) is 0 Å². The minimum absolute atomic E-state index is 0.706. The molecule has 116 valence electrons. The highest BCUT2D eigenvalue weighted by atomic mass is 14.6. The van der Waals surface area contributed by atoms with E-state index < -0.39 is 0 Å². The van der Waals surface area contributed by atoms with E-state index in [9.17, 15) is 0 Å². The van der Waals surface area contributed by atoms with Crippen molar-refractivity contribution in [3.8, 4) is 0 Å². The Labute approximate surface area is 127 Å². The lowest BCUT2D eigenvalue weighted by Crippen LogP contribution is -2.51. The van der Waals surface area contributed by atoms with Crippen molar-refractivity contribution in [1.29, 1.82) is 0 Å². The lowest BCUT2D eigenvalue weighted by Gasteiger charge is -2.59. The molecule has 0 aromatic heterocycles. The third-order valence-corrected chi connectivity index (χ3v) is 8.41. The Morgan fingerprint density at radius 1 is 0.600 bits per heavy atom. The second-order valence-corrected chi connectivity index (χ2v) is 9.83. The van der Waals surface area contributed by atoms with Gasteiger partial charge in [-0.3, -0.25) is 0 Å². The minimum atomic E-state index is 0.706. The summed E-state index contributed by atoms with van der Waals surface area (Å²) in [6.45, 7) is 14.7. The smallest absolute Gasteiger partial charge is 0.0295 e. The Bertz CT molecular complexity index is 324. The fourth-order valence-electron chi connectivity index (χ4n) is 6.35. The minimum Gasteiger partial charge on any atom is -0.0622 e. The van der Waals surface area contributed by atoms with Crippen LogP contribution in [0.5, 0.6) is 0 Å². The van der Waals surface area contributed by atoms with Crippen molar-refractivity contribution < 1.29 is 0 Å². The Hall–Kier alpha value is 0. The van der Waals surface area contributed by atoms with Gasteiger partial charge >= 0.3 is 0 Å². The first-order valence-corrected chi connectivity index (χ1v) is 9.24. The number of rotatable bonds is 0. The number of hydrogen-bond acceptors (Lipinski definition) is 0. The summed E-state index contributed by atoms with van der Waals surface area (Å²) in [5, 5.41) is 0. The monoisotopic (exact) mass is 276 g/mol. The van der Waals surface area contributed by atoms with Crippen LogP contribution in [0, 0.1) is 46.3 Å². The Morgan fingerprint density at radius 2 is 0.950 bits per heavy atom. The molecule has 6 aliphatic rings. The lowest BCUT2D eigenvalue weighted by molar-refractivity contribution is -0.0988. The molecule has 6 saturated carbocycles. The molecule has 0 spiro atoms. The Balaban J connectivity index is 0.000000121. The van der Waals surface area contributed by atoms with E-state index in [0.29, 0.717) is 10.8 Å². The van der Waals surface area contributed by atoms with Gasteiger partial charge in [0.25, 0.3) is 0 Å². The molecule has 6 fully saturated rings. The molecule has 0 aromatic carbocycles. The molecule has 0 saturated heterocycles. The van der Waals surface area contributed by atoms with Crippen molar-refractivity contribution in [1.82, 2.24) is 0 Å². The maximum absolute atomic E-state index is 2.46. The third-order valence-electron chi connectivity index (χ3n) is 8.41. The van der Waals surface area contributed by atoms with Crippen LogP contribution in [0.2, 0.25) is 0 Å². The summed E-state index contributed by atoms with van der Waals surface area (Å²) < 4.78 is 0. The van der Waals surface area contributed by atoms with E-state index in [1.165, 1.54) is 38.5 Å². The van der Waals surface area contributed by atoms with E-state index >= 15 is 0 Å². The van der Waals surface area contributed by atoms with Gasteiger partial charge in [-0.25, -0.2) is 0 Å². The van der Waals surface area contributed by atoms with Crippen molar-refractivity contribution in [3.05, 3.63) is 0 Å². The van der Waals surface area contributed by atoms with Crippen molar-refractivity contribution in [3.63, 3.8) is 0 Å². The summed E-state index contributed by atoms with van der Waals surface area (Å²) in [6.07, 6.45) is 9.08. The highest BCUT2D eigenvalue weighted by Gasteiger charge is 2.53. The molecule has 6 rings (SSSR count). The molecule has 0 heteroatoms. The largest absolute Gasteiger partial charge is 0.0622 e. The lowest BCUT2D eigenvalue weighted by atomic mass is 9.46. The van der Waals surface area contributed by atoms with E-state index in [4.69, 9.17) is 0 Å². The second kappa shape index (κ2) is 4.75. The summed E-state index contributed by atoms with van der Waals surface area (Å²) in [5.74, 6) is 6.31. The first kappa shape index (κ1) is 14.9. The van der Waals surface area contributed by atoms with Gasteiger partial charge in [-0.05, 0) is 72.0 Å². The van der Waals surface area contributed by atoms with Crippen LogP contribution in [0.4, 0.5) is 0 Å². The predicted molar refractivity (Wildman–Crippen MR) is 87.6 cm³/mol. The van der Waals surface area contributed by atoms with Gasteiger partial charge < -0.3 is 0 Å². The van der Waals surface area contributed by atoms with Crippen LogP contribution in [0.1, 0.15) is 80.1 Å². The first-order valence-electron chi connectivity index (χ1n) is 9.24. The molecule has 0 heterocycles. The summed E-state index contributed by atoms with van der Waals surface area (Å²) in [6, 6.07) is 0. The van der Waals surface area contributed by atoms with Crippen molar-refractivity contribution in [2.24, 2.45) is 46.3 Å². The Kier molecular flexibility index (Phi) is 3.54. The molecule has 6 aliphatic carbocycles. The zero-order valence-electron chi connectivity index (χ0n) is 14.7. The molecular formula is C20H36. The number of fused-ring (bicyclic) bond motifs is 4. The highest BCUT2D eigenvalue weighted by molar-refractivity contribution is 5.02. The van der Waals surface area contributed by atoms with Gasteiger partial charge in [0.2, 0.25) is 0 Å². The highest BCUT2D eigenvalue weighted by Crippen LogP contribution is 2.61. The molecule has 0 N–H and O–H groups in total.